The van der Waals surface area contributed by atoms with Crippen molar-refractivity contribution >= 4 is 23.1 Å². The minimum absolute atomic E-state index is 0.0446. The number of nitro groups is 2. The highest BCUT2D eigenvalue weighted by Gasteiger charge is 2.17. The normalized spacial score (nSPS) is 10.4. The number of ether oxygens (including phenoxy) is 2. The van der Waals surface area contributed by atoms with Gasteiger partial charge < -0.3 is 24.9 Å². The molecule has 0 saturated carbocycles. The third-order valence-electron chi connectivity index (χ3n) is 4.39. The minimum atomic E-state index is -0.614. The summed E-state index contributed by atoms with van der Waals surface area (Å²) in [5, 5.41) is 28.5. The maximum atomic E-state index is 12.3. The van der Waals surface area contributed by atoms with Crippen molar-refractivity contribution in [3.63, 3.8) is 0 Å². The number of aryl methyl sites for hydroxylation is 2. The number of hydrogen-bond acceptors (Lipinski definition) is 8. The Labute approximate surface area is 181 Å². The van der Waals surface area contributed by atoms with Crippen molar-refractivity contribution in [2.45, 2.75) is 19.9 Å². The highest BCUT2D eigenvalue weighted by Crippen LogP contribution is 2.30. The van der Waals surface area contributed by atoms with E-state index < -0.39 is 15.8 Å². The first-order valence-corrected chi connectivity index (χ1v) is 9.35. The molecule has 32 heavy (non-hydrogen) atoms. The van der Waals surface area contributed by atoms with Gasteiger partial charge in [0.15, 0.2) is 0 Å². The van der Waals surface area contributed by atoms with E-state index in [-0.39, 0.29) is 35.9 Å². The largest absolute Gasteiger partial charge is 0.497 e. The van der Waals surface area contributed by atoms with Crippen LogP contribution < -0.4 is 14.8 Å². The lowest BCUT2D eigenvalue weighted by molar-refractivity contribution is -0.389. The predicted octanol–water partition coefficient (Wildman–Crippen LogP) is 3.84. The fourth-order valence-electron chi connectivity index (χ4n) is 2.84. The van der Waals surface area contributed by atoms with E-state index in [2.05, 4.69) is 10.4 Å². The van der Waals surface area contributed by atoms with Crippen molar-refractivity contribution in [3.05, 3.63) is 74.5 Å². The highest BCUT2D eigenvalue weighted by atomic mass is 16.6. The van der Waals surface area contributed by atoms with Crippen LogP contribution in [0, 0.1) is 27.2 Å². The van der Waals surface area contributed by atoms with Gasteiger partial charge in [0, 0.05) is 18.6 Å². The van der Waals surface area contributed by atoms with Gasteiger partial charge in [0.05, 0.1) is 47.2 Å². The lowest BCUT2D eigenvalue weighted by atomic mass is 10.2. The molecule has 0 saturated heterocycles. The average molecular weight is 441 g/mol. The molecule has 1 heterocycles. The molecule has 0 fully saturated rings. The Hall–Kier alpha value is -4.48. The topological polar surface area (TPSA) is 152 Å². The van der Waals surface area contributed by atoms with Gasteiger partial charge >= 0.3 is 5.82 Å². The number of nitrogens with one attached hydrogen (secondary N) is 1. The summed E-state index contributed by atoms with van der Waals surface area (Å²) in [7, 11) is 1.53. The van der Waals surface area contributed by atoms with Crippen LogP contribution in [-0.2, 0) is 11.3 Å². The van der Waals surface area contributed by atoms with Crippen LogP contribution in [0.2, 0.25) is 0 Å². The van der Waals surface area contributed by atoms with Crippen molar-refractivity contribution in [2.24, 2.45) is 0 Å². The van der Waals surface area contributed by atoms with Gasteiger partial charge in [0.2, 0.25) is 5.91 Å². The number of nitrogens with zero attached hydrogens (tertiary/aromatic N) is 4. The fraction of sp³-hybridized carbons (Fsp3) is 0.200. The van der Waals surface area contributed by atoms with Gasteiger partial charge in [-0.2, -0.15) is 4.68 Å². The van der Waals surface area contributed by atoms with Gasteiger partial charge in [-0.25, -0.2) is 0 Å². The Bertz CT molecular complexity index is 1160. The molecule has 12 heteroatoms. The smallest absolute Gasteiger partial charge is 0.390 e. The first kappa shape index (κ1) is 22.2. The standard InChI is InChI=1S/C20H19N5O7/c1-13-9-19(25(29)30)22-23(13)8-7-20(26)21-14-10-15(24(27)28)12-18(11-14)32-17-5-3-16(31-2)4-6-17/h3-6,9-12H,7-8H2,1-2H3,(H,21,26). The van der Waals surface area contributed by atoms with Crippen LogP contribution >= 0.6 is 0 Å². The van der Waals surface area contributed by atoms with Gasteiger partial charge in [-0.15, -0.1) is 0 Å². The van der Waals surface area contributed by atoms with Crippen molar-refractivity contribution < 1.29 is 24.1 Å². The molecule has 0 aliphatic heterocycles. The summed E-state index contributed by atoms with van der Waals surface area (Å²) in [6, 6.07) is 11.9. The van der Waals surface area contributed by atoms with E-state index in [1.165, 1.54) is 36.1 Å². The van der Waals surface area contributed by atoms with Crippen LogP contribution in [0.15, 0.2) is 48.5 Å². The molecule has 0 atom stereocenters. The first-order valence-electron chi connectivity index (χ1n) is 9.35. The molecule has 12 nitrogen and oxygen atoms in total. The maximum absolute atomic E-state index is 12.3. The van der Waals surface area contributed by atoms with Crippen molar-refractivity contribution in [1.29, 1.82) is 0 Å². The van der Waals surface area contributed by atoms with E-state index in [1.807, 2.05) is 0 Å². The number of carbonyl (C=O) groups excluding carboxylic acids is 1. The minimum Gasteiger partial charge on any atom is -0.497 e. The number of amides is 1. The number of nitro benzene ring substituents is 1. The summed E-state index contributed by atoms with van der Waals surface area (Å²) in [4.78, 5) is 33.2. The van der Waals surface area contributed by atoms with Gasteiger partial charge in [0.25, 0.3) is 5.69 Å². The van der Waals surface area contributed by atoms with Gasteiger partial charge in [-0.3, -0.25) is 14.9 Å². The van der Waals surface area contributed by atoms with Crippen LogP contribution in [0.4, 0.5) is 17.2 Å². The highest BCUT2D eigenvalue weighted by molar-refractivity contribution is 5.91. The molecule has 3 rings (SSSR count). The molecule has 1 aromatic heterocycles. The third-order valence-corrected chi connectivity index (χ3v) is 4.39. The molecule has 166 valence electrons. The molecule has 0 aliphatic rings. The predicted molar refractivity (Wildman–Crippen MR) is 113 cm³/mol. The zero-order valence-electron chi connectivity index (χ0n) is 17.2. The van der Waals surface area contributed by atoms with Crippen molar-refractivity contribution in [3.8, 4) is 17.2 Å². The number of aromatic nitrogens is 2. The molecule has 1 N–H and O–H groups in total. The summed E-state index contributed by atoms with van der Waals surface area (Å²) >= 11 is 0. The molecular weight excluding hydrogens is 422 g/mol. The second-order valence-corrected chi connectivity index (χ2v) is 6.67. The van der Waals surface area contributed by atoms with E-state index in [4.69, 9.17) is 9.47 Å². The Kier molecular flexibility index (Phi) is 6.63. The molecule has 0 unspecified atom stereocenters. The molecule has 1 amide bonds. The van der Waals surface area contributed by atoms with Crippen LogP contribution in [-0.4, -0.2) is 32.6 Å². The zero-order valence-corrected chi connectivity index (χ0v) is 17.2. The van der Waals surface area contributed by atoms with Crippen molar-refractivity contribution in [2.75, 3.05) is 12.4 Å². The van der Waals surface area contributed by atoms with E-state index in [0.29, 0.717) is 17.2 Å². The molecule has 0 bridgehead atoms. The van der Waals surface area contributed by atoms with E-state index in [0.717, 1.165) is 0 Å². The lowest BCUT2D eigenvalue weighted by Crippen LogP contribution is -2.15. The summed E-state index contributed by atoms with van der Waals surface area (Å²) in [5.74, 6) is 0.472. The van der Waals surface area contributed by atoms with Crippen molar-refractivity contribution in [1.82, 2.24) is 9.78 Å². The van der Waals surface area contributed by atoms with Crippen LogP contribution in [0.25, 0.3) is 0 Å². The number of non-ortho nitro benzene ring substituents is 1. The average Bonchev–Trinajstić information content (AvgIpc) is 3.13. The molecule has 3 aromatic rings. The third kappa shape index (κ3) is 5.56. The van der Waals surface area contributed by atoms with E-state index >= 15 is 0 Å². The summed E-state index contributed by atoms with van der Waals surface area (Å²) < 4.78 is 12.1. The summed E-state index contributed by atoms with van der Waals surface area (Å²) in [5.41, 5.74) is 0.454. The summed E-state index contributed by atoms with van der Waals surface area (Å²) in [6.07, 6.45) is -0.0446. The first-order chi connectivity index (χ1) is 15.2. The number of anilines is 1. The lowest BCUT2D eigenvalue weighted by Gasteiger charge is -2.10. The Balaban J connectivity index is 1.71. The second kappa shape index (κ2) is 9.55. The summed E-state index contributed by atoms with van der Waals surface area (Å²) in [6.45, 7) is 1.75. The fourth-order valence-corrected chi connectivity index (χ4v) is 2.84. The molecule has 2 aromatic carbocycles. The Morgan fingerprint density at radius 3 is 2.31 bits per heavy atom. The molecule has 0 radical (unpaired) electrons. The van der Waals surface area contributed by atoms with Crippen LogP contribution in [0.5, 0.6) is 17.2 Å². The van der Waals surface area contributed by atoms with Gasteiger partial charge in [-0.05, 0) is 36.1 Å². The molecule has 0 spiro atoms. The van der Waals surface area contributed by atoms with Crippen LogP contribution in [0.1, 0.15) is 12.1 Å². The molecular formula is C20H19N5O7. The number of carbonyl (C=O) groups is 1. The SMILES string of the molecule is COc1ccc(Oc2cc(NC(=O)CCn3nc([N+](=O)[O-])cc3C)cc([N+](=O)[O-])c2)cc1. The quantitative estimate of drug-likeness (QED) is 0.388. The number of benzene rings is 2. The number of hydrogen-bond donors (Lipinski definition) is 1. The van der Waals surface area contributed by atoms with Gasteiger partial charge in [-0.1, -0.05) is 0 Å². The van der Waals surface area contributed by atoms with Gasteiger partial charge in [0.1, 0.15) is 17.2 Å². The van der Waals surface area contributed by atoms with E-state index in [1.54, 1.807) is 31.2 Å². The zero-order chi connectivity index (χ0) is 23.3. The molecule has 0 aliphatic carbocycles. The Morgan fingerprint density at radius 2 is 1.72 bits per heavy atom. The van der Waals surface area contributed by atoms with Crippen LogP contribution in [0.3, 0.4) is 0 Å². The second-order valence-electron chi connectivity index (χ2n) is 6.67. The monoisotopic (exact) mass is 441 g/mol. The maximum Gasteiger partial charge on any atom is 0.390 e. The Morgan fingerprint density at radius 1 is 1.03 bits per heavy atom. The number of rotatable bonds is 9. The number of methoxy groups -OCH3 is 1. The van der Waals surface area contributed by atoms with E-state index in [9.17, 15) is 25.0 Å².